The summed E-state index contributed by atoms with van der Waals surface area (Å²) in [4.78, 5) is 24.7. The van der Waals surface area contributed by atoms with Gasteiger partial charge in [-0.25, -0.2) is 0 Å². The molecule has 6 heteroatoms. The van der Waals surface area contributed by atoms with Gasteiger partial charge in [-0.3, -0.25) is 9.59 Å². The Bertz CT molecular complexity index is 563. The van der Waals surface area contributed by atoms with Crippen LogP contribution in [0.4, 0.5) is 0 Å². The summed E-state index contributed by atoms with van der Waals surface area (Å²) in [6, 6.07) is 9.61. The van der Waals surface area contributed by atoms with Crippen LogP contribution in [0.5, 0.6) is 0 Å². The minimum Gasteiger partial charge on any atom is -0.461 e. The molecule has 0 saturated heterocycles. The van der Waals surface area contributed by atoms with Gasteiger partial charge in [-0.2, -0.15) is 0 Å². The van der Waals surface area contributed by atoms with Crippen LogP contribution in [0.1, 0.15) is 51.0 Å². The van der Waals surface area contributed by atoms with Gasteiger partial charge < -0.3 is 15.4 Å². The maximum Gasteiger partial charge on any atom is 0.306 e. The van der Waals surface area contributed by atoms with E-state index in [9.17, 15) is 9.59 Å². The second-order valence-electron chi connectivity index (χ2n) is 6.33. The Labute approximate surface area is 161 Å². The van der Waals surface area contributed by atoms with Crippen molar-refractivity contribution >= 4 is 29.1 Å². The molecule has 1 aromatic carbocycles. The third-order valence-corrected chi connectivity index (χ3v) is 4.29. The minimum atomic E-state index is -0.217. The predicted molar refractivity (Wildman–Crippen MR) is 108 cm³/mol. The Balaban J connectivity index is 2.24. The molecule has 1 rings (SSSR count). The maximum absolute atomic E-state index is 12.0. The lowest BCUT2D eigenvalue weighted by Gasteiger charge is -2.15. The molecular weight excluding hydrogens is 348 g/mol. The molecule has 144 valence electrons. The summed E-state index contributed by atoms with van der Waals surface area (Å²) in [6.07, 6.45) is 4.43. The number of hydrogen-bond donors (Lipinski definition) is 2. The Morgan fingerprint density at radius 1 is 1.12 bits per heavy atom. The lowest BCUT2D eigenvalue weighted by molar-refractivity contribution is -0.145. The van der Waals surface area contributed by atoms with E-state index in [1.165, 1.54) is 0 Å². The largest absolute Gasteiger partial charge is 0.461 e. The molecule has 0 heterocycles. The van der Waals surface area contributed by atoms with E-state index in [4.69, 9.17) is 17.0 Å². The van der Waals surface area contributed by atoms with Crippen molar-refractivity contribution in [2.75, 3.05) is 13.6 Å². The highest BCUT2D eigenvalue weighted by molar-refractivity contribution is 7.80. The molecule has 0 spiro atoms. The van der Waals surface area contributed by atoms with Crippen molar-refractivity contribution in [3.05, 3.63) is 35.9 Å². The molecule has 0 saturated carbocycles. The van der Waals surface area contributed by atoms with Crippen molar-refractivity contribution < 1.29 is 14.3 Å². The summed E-state index contributed by atoms with van der Waals surface area (Å²) in [6.45, 7) is 2.99. The van der Waals surface area contributed by atoms with Gasteiger partial charge >= 0.3 is 5.97 Å². The van der Waals surface area contributed by atoms with Crippen LogP contribution in [-0.2, 0) is 20.9 Å². The zero-order chi connectivity index (χ0) is 19.2. The van der Waals surface area contributed by atoms with E-state index in [-0.39, 0.29) is 17.8 Å². The van der Waals surface area contributed by atoms with Crippen molar-refractivity contribution in [1.29, 1.82) is 0 Å². The lowest BCUT2D eigenvalue weighted by Crippen LogP contribution is -2.28. The molecule has 5 nitrogen and oxygen atoms in total. The van der Waals surface area contributed by atoms with Gasteiger partial charge in [0.2, 0.25) is 5.91 Å². The monoisotopic (exact) mass is 378 g/mol. The first-order valence-corrected chi connectivity index (χ1v) is 9.59. The molecule has 1 amide bonds. The van der Waals surface area contributed by atoms with E-state index in [2.05, 4.69) is 10.6 Å². The standard InChI is InChI=1S/C20H30N2O3S/c1-16(26)22-14-7-6-11-18(20(24)21-2)12-8-13-19(23)25-15-17-9-4-3-5-10-17/h3-5,9-10,18H,6-8,11-15H2,1-2H3,(H,21,24)(H,22,26). The quantitative estimate of drug-likeness (QED) is 0.332. The number of carbonyl (C=O) groups is 2. The summed E-state index contributed by atoms with van der Waals surface area (Å²) in [5, 5.41) is 5.84. The summed E-state index contributed by atoms with van der Waals surface area (Å²) in [5.41, 5.74) is 0.976. The number of rotatable bonds is 12. The summed E-state index contributed by atoms with van der Waals surface area (Å²) >= 11 is 4.97. The van der Waals surface area contributed by atoms with Crippen molar-refractivity contribution in [3.63, 3.8) is 0 Å². The van der Waals surface area contributed by atoms with E-state index in [1.807, 2.05) is 37.3 Å². The van der Waals surface area contributed by atoms with Gasteiger partial charge in [0.1, 0.15) is 6.61 Å². The second kappa shape index (κ2) is 13.3. The molecule has 0 aliphatic rings. The third-order valence-electron chi connectivity index (χ3n) is 4.15. The van der Waals surface area contributed by atoms with Gasteiger partial charge in [0.05, 0.1) is 4.99 Å². The van der Waals surface area contributed by atoms with Crippen LogP contribution in [0.25, 0.3) is 0 Å². The van der Waals surface area contributed by atoms with Gasteiger partial charge in [-0.15, -0.1) is 0 Å². The number of hydrogen-bond acceptors (Lipinski definition) is 4. The predicted octanol–water partition coefficient (Wildman–Crippen LogP) is 3.37. The molecule has 0 fully saturated rings. The molecule has 0 radical (unpaired) electrons. The van der Waals surface area contributed by atoms with E-state index in [1.54, 1.807) is 7.05 Å². The Kier molecular flexibility index (Phi) is 11.3. The van der Waals surface area contributed by atoms with Crippen molar-refractivity contribution in [2.24, 2.45) is 5.92 Å². The van der Waals surface area contributed by atoms with Gasteiger partial charge in [-0.1, -0.05) is 49.0 Å². The van der Waals surface area contributed by atoms with E-state index >= 15 is 0 Å². The number of carbonyl (C=O) groups excluding carboxylic acids is 2. The second-order valence-corrected chi connectivity index (χ2v) is 6.94. The van der Waals surface area contributed by atoms with Crippen LogP contribution in [0.3, 0.4) is 0 Å². The summed E-state index contributed by atoms with van der Waals surface area (Å²) < 4.78 is 5.27. The average molecular weight is 379 g/mol. The number of unbranched alkanes of at least 4 members (excludes halogenated alkanes) is 1. The topological polar surface area (TPSA) is 67.4 Å². The molecule has 26 heavy (non-hydrogen) atoms. The normalized spacial score (nSPS) is 11.5. The van der Waals surface area contributed by atoms with Gasteiger partial charge in [0, 0.05) is 25.9 Å². The minimum absolute atomic E-state index is 0.0432. The molecule has 0 aromatic heterocycles. The highest BCUT2D eigenvalue weighted by Crippen LogP contribution is 2.17. The zero-order valence-corrected chi connectivity index (χ0v) is 16.6. The van der Waals surface area contributed by atoms with Crippen LogP contribution in [0.2, 0.25) is 0 Å². The molecular formula is C20H30N2O3S. The van der Waals surface area contributed by atoms with Crippen molar-refractivity contribution in [1.82, 2.24) is 10.6 Å². The molecule has 1 aromatic rings. The first kappa shape index (κ1) is 22.1. The van der Waals surface area contributed by atoms with Crippen molar-refractivity contribution in [2.45, 2.75) is 52.1 Å². The first-order chi connectivity index (χ1) is 12.5. The van der Waals surface area contributed by atoms with Crippen LogP contribution in [0, 0.1) is 5.92 Å². The molecule has 2 N–H and O–H groups in total. The Morgan fingerprint density at radius 2 is 1.81 bits per heavy atom. The molecule has 1 atom stereocenters. The highest BCUT2D eigenvalue weighted by atomic mass is 32.1. The molecule has 0 bridgehead atoms. The fourth-order valence-electron chi connectivity index (χ4n) is 2.69. The smallest absolute Gasteiger partial charge is 0.306 e. The highest BCUT2D eigenvalue weighted by Gasteiger charge is 2.17. The first-order valence-electron chi connectivity index (χ1n) is 9.18. The number of thiocarbonyl (C=S) groups is 1. The average Bonchev–Trinajstić information content (AvgIpc) is 2.64. The van der Waals surface area contributed by atoms with Gasteiger partial charge in [0.25, 0.3) is 0 Å². The fraction of sp³-hybridized carbons (Fsp3) is 0.550. The number of esters is 1. The fourth-order valence-corrected chi connectivity index (χ4v) is 2.80. The molecule has 0 aliphatic carbocycles. The third kappa shape index (κ3) is 10.1. The molecule has 0 aliphatic heterocycles. The Hall–Kier alpha value is -1.95. The van der Waals surface area contributed by atoms with E-state index in [0.717, 1.165) is 36.4 Å². The maximum atomic E-state index is 12.0. The summed E-state index contributed by atoms with van der Waals surface area (Å²) in [7, 11) is 1.65. The van der Waals surface area contributed by atoms with Crippen LogP contribution in [0.15, 0.2) is 30.3 Å². The molecule has 1 unspecified atom stereocenters. The summed E-state index contributed by atoms with van der Waals surface area (Å²) in [5.74, 6) is -0.234. The van der Waals surface area contributed by atoms with Crippen LogP contribution >= 0.6 is 12.2 Å². The SMILES string of the molecule is CNC(=O)C(CCCCNC(C)=S)CCCC(=O)OCc1ccccc1. The van der Waals surface area contributed by atoms with Gasteiger partial charge in [-0.05, 0) is 38.2 Å². The van der Waals surface area contributed by atoms with Crippen molar-refractivity contribution in [3.8, 4) is 0 Å². The van der Waals surface area contributed by atoms with Crippen LogP contribution in [-0.4, -0.2) is 30.5 Å². The zero-order valence-electron chi connectivity index (χ0n) is 15.8. The van der Waals surface area contributed by atoms with Gasteiger partial charge in [0.15, 0.2) is 0 Å². The van der Waals surface area contributed by atoms with Crippen LogP contribution < -0.4 is 10.6 Å². The van der Waals surface area contributed by atoms with E-state index in [0.29, 0.717) is 25.9 Å². The lowest BCUT2D eigenvalue weighted by atomic mass is 9.95. The number of nitrogens with one attached hydrogen (secondary N) is 2. The number of ether oxygens (including phenoxy) is 1. The number of benzene rings is 1. The van der Waals surface area contributed by atoms with E-state index < -0.39 is 0 Å². The number of amides is 1. The Morgan fingerprint density at radius 3 is 2.46 bits per heavy atom.